The van der Waals surface area contributed by atoms with Crippen molar-refractivity contribution in [2.45, 2.75) is 38.6 Å². The molecule has 1 atom stereocenters. The van der Waals surface area contributed by atoms with Gasteiger partial charge in [0.15, 0.2) is 0 Å². The normalized spacial score (nSPS) is 16.5. The number of carbonyl (C=O) groups excluding carboxylic acids is 2. The van der Waals surface area contributed by atoms with Gasteiger partial charge in [-0.05, 0) is 55.7 Å². The van der Waals surface area contributed by atoms with Crippen LogP contribution in [0.15, 0.2) is 36.4 Å². The zero-order valence-electron chi connectivity index (χ0n) is 13.6. The summed E-state index contributed by atoms with van der Waals surface area (Å²) < 4.78 is 20.2. The predicted octanol–water partition coefficient (Wildman–Crippen LogP) is 3.69. The first-order valence-corrected chi connectivity index (χ1v) is 8.28. The third-order valence-corrected chi connectivity index (χ3v) is 4.32. The SMILES string of the molecule is CCCOC(=O)C1CCCn2c(C(=O)c3ccc(F)cc3)ccc21. The Labute approximate surface area is 140 Å². The first-order chi connectivity index (χ1) is 11.6. The summed E-state index contributed by atoms with van der Waals surface area (Å²) >= 11 is 0. The molecule has 4 nitrogen and oxygen atoms in total. The van der Waals surface area contributed by atoms with Gasteiger partial charge >= 0.3 is 5.97 Å². The minimum Gasteiger partial charge on any atom is -0.465 e. The molecule has 1 aliphatic rings. The highest BCUT2D eigenvalue weighted by molar-refractivity contribution is 6.08. The van der Waals surface area contributed by atoms with Crippen molar-refractivity contribution >= 4 is 11.8 Å². The van der Waals surface area contributed by atoms with Gasteiger partial charge in [-0.1, -0.05) is 6.92 Å². The van der Waals surface area contributed by atoms with Crippen molar-refractivity contribution in [2.24, 2.45) is 0 Å². The summed E-state index contributed by atoms with van der Waals surface area (Å²) in [6.07, 6.45) is 2.34. The molecule has 0 aliphatic carbocycles. The second-order valence-electron chi connectivity index (χ2n) is 5.99. The van der Waals surface area contributed by atoms with E-state index in [1.54, 1.807) is 6.07 Å². The number of rotatable bonds is 5. The summed E-state index contributed by atoms with van der Waals surface area (Å²) in [7, 11) is 0. The third-order valence-electron chi connectivity index (χ3n) is 4.32. The van der Waals surface area contributed by atoms with Crippen molar-refractivity contribution in [2.75, 3.05) is 6.61 Å². The Morgan fingerprint density at radius 2 is 1.96 bits per heavy atom. The van der Waals surface area contributed by atoms with Crippen molar-refractivity contribution in [3.8, 4) is 0 Å². The summed E-state index contributed by atoms with van der Waals surface area (Å²) in [5.41, 5.74) is 1.80. The lowest BCUT2D eigenvalue weighted by Gasteiger charge is -2.24. The number of hydrogen-bond donors (Lipinski definition) is 0. The van der Waals surface area contributed by atoms with E-state index in [2.05, 4.69) is 0 Å². The Morgan fingerprint density at radius 3 is 2.67 bits per heavy atom. The lowest BCUT2D eigenvalue weighted by atomic mass is 9.96. The number of hydrogen-bond acceptors (Lipinski definition) is 3. The molecule has 1 aromatic carbocycles. The van der Waals surface area contributed by atoms with Gasteiger partial charge in [-0.25, -0.2) is 4.39 Å². The van der Waals surface area contributed by atoms with Crippen molar-refractivity contribution in [3.63, 3.8) is 0 Å². The molecule has 126 valence electrons. The first-order valence-electron chi connectivity index (χ1n) is 8.28. The van der Waals surface area contributed by atoms with Gasteiger partial charge in [0.05, 0.1) is 18.2 Å². The smallest absolute Gasteiger partial charge is 0.314 e. The molecule has 3 rings (SSSR count). The van der Waals surface area contributed by atoms with Gasteiger partial charge in [0.2, 0.25) is 5.78 Å². The Hall–Kier alpha value is -2.43. The zero-order valence-corrected chi connectivity index (χ0v) is 13.6. The van der Waals surface area contributed by atoms with Gasteiger partial charge in [0.25, 0.3) is 0 Å². The van der Waals surface area contributed by atoms with E-state index in [4.69, 9.17) is 4.74 Å². The lowest BCUT2D eigenvalue weighted by molar-refractivity contribution is -0.146. The molecule has 0 fully saturated rings. The topological polar surface area (TPSA) is 48.3 Å². The van der Waals surface area contributed by atoms with Crippen LogP contribution >= 0.6 is 0 Å². The third kappa shape index (κ3) is 3.11. The largest absolute Gasteiger partial charge is 0.465 e. The number of ketones is 1. The number of ether oxygens (including phenoxy) is 1. The second-order valence-corrected chi connectivity index (χ2v) is 5.99. The van der Waals surface area contributed by atoms with E-state index in [1.807, 2.05) is 17.6 Å². The predicted molar refractivity (Wildman–Crippen MR) is 87.5 cm³/mol. The van der Waals surface area contributed by atoms with E-state index < -0.39 is 0 Å². The Bertz CT molecular complexity index is 748. The quantitative estimate of drug-likeness (QED) is 0.621. The van der Waals surface area contributed by atoms with Gasteiger partial charge in [-0.15, -0.1) is 0 Å². The first kappa shape index (κ1) is 16.4. The summed E-state index contributed by atoms with van der Waals surface area (Å²) in [5.74, 6) is -1.08. The highest BCUT2D eigenvalue weighted by Gasteiger charge is 2.30. The van der Waals surface area contributed by atoms with Crippen LogP contribution in [-0.2, 0) is 16.1 Å². The minimum absolute atomic E-state index is 0.163. The molecule has 2 heterocycles. The molecule has 24 heavy (non-hydrogen) atoms. The molecular formula is C19H20FNO3. The Kier molecular flexibility index (Phi) is 4.79. The van der Waals surface area contributed by atoms with Crippen LogP contribution < -0.4 is 0 Å². The van der Waals surface area contributed by atoms with Crippen LogP contribution in [0.2, 0.25) is 0 Å². The molecule has 2 aromatic rings. The molecule has 0 saturated heterocycles. The Balaban J connectivity index is 1.88. The standard InChI is InChI=1S/C19H20FNO3/c1-2-12-24-19(23)15-4-3-11-21-16(15)9-10-17(21)18(22)13-5-7-14(20)8-6-13/h5-10,15H,2-4,11-12H2,1H3. The number of carbonyl (C=O) groups is 2. The van der Waals surface area contributed by atoms with Crippen molar-refractivity contribution in [1.82, 2.24) is 4.57 Å². The van der Waals surface area contributed by atoms with Gasteiger partial charge in [0, 0.05) is 17.8 Å². The Morgan fingerprint density at radius 1 is 1.21 bits per heavy atom. The van der Waals surface area contributed by atoms with Crippen LogP contribution in [0, 0.1) is 5.82 Å². The van der Waals surface area contributed by atoms with Gasteiger partial charge in [-0.3, -0.25) is 9.59 Å². The highest BCUT2D eigenvalue weighted by Crippen LogP contribution is 2.31. The number of fused-ring (bicyclic) bond motifs is 1. The molecule has 1 aromatic heterocycles. The summed E-state index contributed by atoms with van der Waals surface area (Å²) in [4.78, 5) is 24.9. The molecule has 0 N–H and O–H groups in total. The molecular weight excluding hydrogens is 309 g/mol. The summed E-state index contributed by atoms with van der Waals surface area (Å²) in [5, 5.41) is 0. The minimum atomic E-state index is -0.373. The number of benzene rings is 1. The summed E-state index contributed by atoms with van der Waals surface area (Å²) in [6.45, 7) is 3.07. The van der Waals surface area contributed by atoms with Crippen LogP contribution in [0.25, 0.3) is 0 Å². The van der Waals surface area contributed by atoms with Crippen LogP contribution in [0.4, 0.5) is 4.39 Å². The molecule has 0 bridgehead atoms. The molecule has 0 spiro atoms. The summed E-state index contributed by atoms with van der Waals surface area (Å²) in [6, 6.07) is 9.08. The van der Waals surface area contributed by atoms with Gasteiger partial charge in [0.1, 0.15) is 5.82 Å². The molecule has 0 amide bonds. The molecule has 1 aliphatic heterocycles. The maximum Gasteiger partial charge on any atom is 0.314 e. The molecule has 0 radical (unpaired) electrons. The van der Waals surface area contributed by atoms with E-state index in [1.165, 1.54) is 24.3 Å². The molecule has 0 saturated carbocycles. The molecule has 5 heteroatoms. The number of esters is 1. The monoisotopic (exact) mass is 329 g/mol. The highest BCUT2D eigenvalue weighted by atomic mass is 19.1. The average Bonchev–Trinajstić information content (AvgIpc) is 3.03. The maximum atomic E-state index is 13.0. The fraction of sp³-hybridized carbons (Fsp3) is 0.368. The zero-order chi connectivity index (χ0) is 17.1. The van der Waals surface area contributed by atoms with Crippen molar-refractivity contribution in [1.29, 1.82) is 0 Å². The van der Waals surface area contributed by atoms with E-state index in [0.717, 1.165) is 25.0 Å². The van der Waals surface area contributed by atoms with Crippen molar-refractivity contribution in [3.05, 3.63) is 59.2 Å². The van der Waals surface area contributed by atoms with Crippen molar-refractivity contribution < 1.29 is 18.7 Å². The fourth-order valence-corrected chi connectivity index (χ4v) is 3.13. The van der Waals surface area contributed by atoms with E-state index in [0.29, 0.717) is 24.4 Å². The van der Waals surface area contributed by atoms with Gasteiger partial charge < -0.3 is 9.30 Å². The number of aromatic nitrogens is 1. The van der Waals surface area contributed by atoms with Crippen LogP contribution in [-0.4, -0.2) is 22.9 Å². The second kappa shape index (κ2) is 6.99. The van der Waals surface area contributed by atoms with Crippen LogP contribution in [0.3, 0.4) is 0 Å². The maximum absolute atomic E-state index is 13.0. The lowest BCUT2D eigenvalue weighted by Crippen LogP contribution is -2.25. The van der Waals surface area contributed by atoms with Gasteiger partial charge in [-0.2, -0.15) is 0 Å². The number of nitrogens with zero attached hydrogens (tertiary/aromatic N) is 1. The number of halogens is 1. The fourth-order valence-electron chi connectivity index (χ4n) is 3.13. The van der Waals surface area contributed by atoms with E-state index in [9.17, 15) is 14.0 Å². The average molecular weight is 329 g/mol. The van der Waals surface area contributed by atoms with E-state index in [-0.39, 0.29) is 23.5 Å². The molecule has 1 unspecified atom stereocenters. The van der Waals surface area contributed by atoms with Crippen LogP contribution in [0.5, 0.6) is 0 Å². The van der Waals surface area contributed by atoms with E-state index >= 15 is 0 Å². The van der Waals surface area contributed by atoms with Crippen LogP contribution in [0.1, 0.15) is 53.8 Å².